The Bertz CT molecular complexity index is 577. The quantitative estimate of drug-likeness (QED) is 0.857. The molecule has 21 heavy (non-hydrogen) atoms. The van der Waals surface area contributed by atoms with Gasteiger partial charge in [0.1, 0.15) is 5.82 Å². The van der Waals surface area contributed by atoms with Crippen molar-refractivity contribution in [2.75, 3.05) is 0 Å². The van der Waals surface area contributed by atoms with E-state index in [1.54, 1.807) is 0 Å². The van der Waals surface area contributed by atoms with Crippen LogP contribution in [0, 0.1) is 12.8 Å². The summed E-state index contributed by atoms with van der Waals surface area (Å²) in [6.45, 7) is 5.95. The molecule has 0 aliphatic heterocycles. The average Bonchev–Trinajstić information content (AvgIpc) is 2.89. The Labute approximate surface area is 125 Å². The van der Waals surface area contributed by atoms with Gasteiger partial charge >= 0.3 is 0 Å². The molecule has 1 aromatic heterocycles. The molecule has 2 rings (SSSR count). The number of hydrogen-bond donors (Lipinski definition) is 2. The van der Waals surface area contributed by atoms with Gasteiger partial charge in [-0.1, -0.05) is 44.2 Å². The minimum Gasteiger partial charge on any atom is -0.346 e. The van der Waals surface area contributed by atoms with Gasteiger partial charge in [0.25, 0.3) is 0 Å². The molecule has 0 fully saturated rings. The number of nitrogens with one attached hydrogen (secondary N) is 2. The highest BCUT2D eigenvalue weighted by Gasteiger charge is 2.21. The first-order valence-electron chi connectivity index (χ1n) is 7.28. The van der Waals surface area contributed by atoms with Crippen LogP contribution < -0.4 is 5.32 Å². The fourth-order valence-corrected chi connectivity index (χ4v) is 2.18. The molecular formula is C16H22N4O. The van der Waals surface area contributed by atoms with Gasteiger partial charge in [-0.3, -0.25) is 9.89 Å². The number of aromatic amines is 1. The van der Waals surface area contributed by atoms with E-state index >= 15 is 0 Å². The summed E-state index contributed by atoms with van der Waals surface area (Å²) in [6.07, 6.45) is 1.21. The number of nitrogens with zero attached hydrogens (tertiary/aromatic N) is 2. The summed E-state index contributed by atoms with van der Waals surface area (Å²) >= 11 is 0. The Kier molecular flexibility index (Phi) is 5.09. The SMILES string of the molecule is Cc1nc(C(NC(=O)CCc2ccccc2)C(C)C)n[nH]1. The first kappa shape index (κ1) is 15.2. The Balaban J connectivity index is 1.93. The number of H-pyrrole nitrogens is 1. The monoisotopic (exact) mass is 286 g/mol. The van der Waals surface area contributed by atoms with Gasteiger partial charge < -0.3 is 5.32 Å². The van der Waals surface area contributed by atoms with Gasteiger partial charge in [0.05, 0.1) is 6.04 Å². The molecule has 2 N–H and O–H groups in total. The normalized spacial score (nSPS) is 12.4. The van der Waals surface area contributed by atoms with Gasteiger partial charge in [-0.15, -0.1) is 0 Å². The fraction of sp³-hybridized carbons (Fsp3) is 0.438. The van der Waals surface area contributed by atoms with Crippen LogP contribution in [-0.4, -0.2) is 21.1 Å². The topological polar surface area (TPSA) is 70.7 Å². The van der Waals surface area contributed by atoms with Crippen molar-refractivity contribution in [3.8, 4) is 0 Å². The second kappa shape index (κ2) is 7.02. The summed E-state index contributed by atoms with van der Waals surface area (Å²) in [5.74, 6) is 1.67. The lowest BCUT2D eigenvalue weighted by Gasteiger charge is -2.19. The molecule has 0 aliphatic carbocycles. The van der Waals surface area contributed by atoms with E-state index < -0.39 is 0 Å². The van der Waals surface area contributed by atoms with E-state index in [0.717, 1.165) is 12.2 Å². The van der Waals surface area contributed by atoms with Crippen LogP contribution in [0.4, 0.5) is 0 Å². The average molecular weight is 286 g/mol. The number of hydrogen-bond acceptors (Lipinski definition) is 3. The lowest BCUT2D eigenvalue weighted by Crippen LogP contribution is -2.32. The lowest BCUT2D eigenvalue weighted by atomic mass is 10.0. The number of carbonyl (C=O) groups excluding carboxylic acids is 1. The van der Waals surface area contributed by atoms with E-state index in [1.807, 2.05) is 51.1 Å². The van der Waals surface area contributed by atoms with Gasteiger partial charge in [0.15, 0.2) is 5.82 Å². The van der Waals surface area contributed by atoms with Crippen molar-refractivity contribution in [2.45, 2.75) is 39.7 Å². The van der Waals surface area contributed by atoms with Crippen molar-refractivity contribution in [3.63, 3.8) is 0 Å². The minimum absolute atomic E-state index is 0.0278. The van der Waals surface area contributed by atoms with Crippen LogP contribution in [0.15, 0.2) is 30.3 Å². The maximum absolute atomic E-state index is 12.1. The molecule has 1 heterocycles. The summed E-state index contributed by atoms with van der Waals surface area (Å²) in [5, 5.41) is 10.0. The van der Waals surface area contributed by atoms with Crippen molar-refractivity contribution >= 4 is 5.91 Å². The molecule has 0 bridgehead atoms. The maximum atomic E-state index is 12.1. The van der Waals surface area contributed by atoms with E-state index in [4.69, 9.17) is 0 Å². The van der Waals surface area contributed by atoms with E-state index in [2.05, 4.69) is 20.5 Å². The van der Waals surface area contributed by atoms with Gasteiger partial charge in [-0.2, -0.15) is 5.10 Å². The number of carbonyl (C=O) groups is 1. The Morgan fingerprint density at radius 2 is 2.00 bits per heavy atom. The predicted molar refractivity (Wildman–Crippen MR) is 81.6 cm³/mol. The van der Waals surface area contributed by atoms with Crippen molar-refractivity contribution < 1.29 is 4.79 Å². The zero-order valence-electron chi connectivity index (χ0n) is 12.8. The van der Waals surface area contributed by atoms with Crippen LogP contribution >= 0.6 is 0 Å². The minimum atomic E-state index is -0.154. The lowest BCUT2D eigenvalue weighted by molar-refractivity contribution is -0.122. The molecule has 1 aromatic carbocycles. The van der Waals surface area contributed by atoms with Crippen molar-refractivity contribution in [2.24, 2.45) is 5.92 Å². The second-order valence-corrected chi connectivity index (χ2v) is 5.55. The van der Waals surface area contributed by atoms with E-state index in [-0.39, 0.29) is 17.9 Å². The van der Waals surface area contributed by atoms with Gasteiger partial charge in [0, 0.05) is 6.42 Å². The molecule has 112 valence electrons. The first-order chi connectivity index (χ1) is 10.1. The summed E-state index contributed by atoms with van der Waals surface area (Å²) in [5.41, 5.74) is 1.17. The fourth-order valence-electron chi connectivity index (χ4n) is 2.18. The number of rotatable bonds is 6. The van der Waals surface area contributed by atoms with Crippen LogP contribution in [0.5, 0.6) is 0 Å². The molecule has 1 unspecified atom stereocenters. The third-order valence-corrected chi connectivity index (χ3v) is 3.36. The zero-order valence-corrected chi connectivity index (χ0v) is 12.8. The first-order valence-corrected chi connectivity index (χ1v) is 7.28. The van der Waals surface area contributed by atoms with Crippen molar-refractivity contribution in [1.29, 1.82) is 0 Å². The van der Waals surface area contributed by atoms with Crippen molar-refractivity contribution in [1.82, 2.24) is 20.5 Å². The summed E-state index contributed by atoms with van der Waals surface area (Å²) in [4.78, 5) is 16.5. The Morgan fingerprint density at radius 1 is 1.29 bits per heavy atom. The zero-order chi connectivity index (χ0) is 15.2. The molecule has 0 saturated heterocycles. The van der Waals surface area contributed by atoms with Crippen LogP contribution in [0.2, 0.25) is 0 Å². The predicted octanol–water partition coefficient (Wildman–Crippen LogP) is 2.56. The molecule has 1 atom stereocenters. The van der Waals surface area contributed by atoms with Gasteiger partial charge in [-0.05, 0) is 24.8 Å². The standard InChI is InChI=1S/C16H22N4O/c1-11(2)15(16-17-12(3)19-20-16)18-14(21)10-9-13-7-5-4-6-8-13/h4-8,11,15H,9-10H2,1-3H3,(H,18,21)(H,17,19,20). The molecule has 0 aliphatic rings. The molecule has 5 heteroatoms. The summed E-state index contributed by atoms with van der Waals surface area (Å²) in [6, 6.07) is 9.86. The highest BCUT2D eigenvalue weighted by Crippen LogP contribution is 2.18. The Hall–Kier alpha value is -2.17. The maximum Gasteiger partial charge on any atom is 0.220 e. The van der Waals surface area contributed by atoms with E-state index in [0.29, 0.717) is 12.2 Å². The summed E-state index contributed by atoms with van der Waals surface area (Å²) in [7, 11) is 0. The molecule has 1 amide bonds. The number of amides is 1. The molecule has 0 spiro atoms. The van der Waals surface area contributed by atoms with Gasteiger partial charge in [0.2, 0.25) is 5.91 Å². The molecule has 0 radical (unpaired) electrons. The van der Waals surface area contributed by atoms with Gasteiger partial charge in [-0.25, -0.2) is 4.98 Å². The second-order valence-electron chi connectivity index (χ2n) is 5.55. The van der Waals surface area contributed by atoms with Crippen molar-refractivity contribution in [3.05, 3.63) is 47.5 Å². The van der Waals surface area contributed by atoms with Crippen LogP contribution in [0.1, 0.15) is 43.5 Å². The van der Waals surface area contributed by atoms with Crippen LogP contribution in [0.3, 0.4) is 0 Å². The number of aryl methyl sites for hydroxylation is 2. The highest BCUT2D eigenvalue weighted by molar-refractivity contribution is 5.76. The molecular weight excluding hydrogens is 264 g/mol. The summed E-state index contributed by atoms with van der Waals surface area (Å²) < 4.78 is 0. The number of benzene rings is 1. The molecule has 0 saturated carbocycles. The molecule has 5 nitrogen and oxygen atoms in total. The van der Waals surface area contributed by atoms with E-state index in [9.17, 15) is 4.79 Å². The third-order valence-electron chi connectivity index (χ3n) is 3.36. The smallest absolute Gasteiger partial charge is 0.220 e. The third kappa shape index (κ3) is 4.41. The van der Waals surface area contributed by atoms with Crippen LogP contribution in [0.25, 0.3) is 0 Å². The molecule has 2 aromatic rings. The number of aromatic nitrogens is 3. The van der Waals surface area contributed by atoms with Crippen LogP contribution in [-0.2, 0) is 11.2 Å². The highest BCUT2D eigenvalue weighted by atomic mass is 16.1. The Morgan fingerprint density at radius 3 is 2.57 bits per heavy atom. The largest absolute Gasteiger partial charge is 0.346 e. The van der Waals surface area contributed by atoms with E-state index in [1.165, 1.54) is 5.56 Å².